The Bertz CT molecular complexity index is 780. The molecule has 1 aromatic heterocycles. The zero-order valence-electron chi connectivity index (χ0n) is 14.0. The van der Waals surface area contributed by atoms with Gasteiger partial charge in [0.15, 0.2) is 0 Å². The van der Waals surface area contributed by atoms with Crippen LogP contribution < -0.4 is 11.1 Å². The predicted molar refractivity (Wildman–Crippen MR) is 90.1 cm³/mol. The molecule has 128 valence electrons. The molecule has 1 amide bonds. The van der Waals surface area contributed by atoms with Crippen molar-refractivity contribution in [1.29, 1.82) is 0 Å². The number of anilines is 1. The summed E-state index contributed by atoms with van der Waals surface area (Å²) in [7, 11) is 0. The molecule has 1 atom stereocenters. The van der Waals surface area contributed by atoms with Gasteiger partial charge >= 0.3 is 5.76 Å². The number of hydrogen-bond donors (Lipinski definition) is 2. The lowest BCUT2D eigenvalue weighted by atomic mass is 9.98. The van der Waals surface area contributed by atoms with Gasteiger partial charge in [-0.3, -0.25) is 9.69 Å². The van der Waals surface area contributed by atoms with Crippen LogP contribution in [0.1, 0.15) is 35.8 Å². The van der Waals surface area contributed by atoms with Gasteiger partial charge in [-0.15, -0.1) is 5.10 Å². The van der Waals surface area contributed by atoms with Gasteiger partial charge in [0.1, 0.15) is 0 Å². The Morgan fingerprint density at radius 2 is 2.29 bits per heavy atom. The fourth-order valence-electron chi connectivity index (χ4n) is 3.08. The first-order valence-corrected chi connectivity index (χ1v) is 8.16. The van der Waals surface area contributed by atoms with Crippen molar-refractivity contribution < 1.29 is 9.21 Å². The minimum Gasteiger partial charge on any atom is -0.392 e. The number of carbonyl (C=O) groups is 1. The molecule has 0 radical (unpaired) electrons. The van der Waals surface area contributed by atoms with Crippen LogP contribution in [-0.2, 0) is 4.79 Å². The highest BCUT2D eigenvalue weighted by Gasteiger charge is 2.26. The van der Waals surface area contributed by atoms with Gasteiger partial charge in [0, 0.05) is 12.2 Å². The highest BCUT2D eigenvalue weighted by atomic mass is 16.4. The van der Waals surface area contributed by atoms with Crippen LogP contribution in [0.4, 0.5) is 5.69 Å². The van der Waals surface area contributed by atoms with Gasteiger partial charge in [-0.1, -0.05) is 12.1 Å². The zero-order valence-corrected chi connectivity index (χ0v) is 14.0. The van der Waals surface area contributed by atoms with Crippen molar-refractivity contribution in [2.75, 3.05) is 25.0 Å². The van der Waals surface area contributed by atoms with E-state index in [-0.39, 0.29) is 11.8 Å². The zero-order chi connectivity index (χ0) is 17.1. The average molecular weight is 330 g/mol. The van der Waals surface area contributed by atoms with Gasteiger partial charge in [0.05, 0.1) is 12.5 Å². The van der Waals surface area contributed by atoms with E-state index >= 15 is 0 Å². The van der Waals surface area contributed by atoms with Crippen LogP contribution in [0, 0.1) is 13.8 Å². The summed E-state index contributed by atoms with van der Waals surface area (Å²) in [6.45, 7) is 5.81. The van der Waals surface area contributed by atoms with Crippen LogP contribution in [0.15, 0.2) is 27.4 Å². The number of H-pyrrole nitrogens is 1. The van der Waals surface area contributed by atoms with Crippen LogP contribution in [0.25, 0.3) is 0 Å². The van der Waals surface area contributed by atoms with Crippen LogP contribution in [-0.4, -0.2) is 40.6 Å². The lowest BCUT2D eigenvalue weighted by Crippen LogP contribution is -2.40. The minimum absolute atomic E-state index is 0.0344. The van der Waals surface area contributed by atoms with Crippen molar-refractivity contribution in [3.63, 3.8) is 0 Å². The summed E-state index contributed by atoms with van der Waals surface area (Å²) < 4.78 is 5.05. The second-order valence-electron chi connectivity index (χ2n) is 6.39. The van der Waals surface area contributed by atoms with Gasteiger partial charge in [-0.25, -0.2) is 9.89 Å². The van der Waals surface area contributed by atoms with Crippen molar-refractivity contribution in [3.05, 3.63) is 45.8 Å². The SMILES string of the molecule is Cc1ccc(C)c(NC(=O)CN2CCC[C@@H](c3n[nH]c(=O)o3)C2)c1. The van der Waals surface area contributed by atoms with Crippen LogP contribution in [0.2, 0.25) is 0 Å². The number of piperidine rings is 1. The molecule has 1 aliphatic heterocycles. The predicted octanol–water partition coefficient (Wildman–Crippen LogP) is 1.80. The van der Waals surface area contributed by atoms with Crippen LogP contribution >= 0.6 is 0 Å². The molecule has 7 nitrogen and oxygen atoms in total. The first-order chi connectivity index (χ1) is 11.5. The normalized spacial score (nSPS) is 18.5. The van der Waals surface area contributed by atoms with Gasteiger partial charge in [-0.2, -0.15) is 0 Å². The van der Waals surface area contributed by atoms with Crippen molar-refractivity contribution in [3.8, 4) is 0 Å². The molecule has 2 N–H and O–H groups in total. The number of carbonyl (C=O) groups excluding carboxylic acids is 1. The Labute approximate surface area is 140 Å². The molecule has 1 fully saturated rings. The summed E-state index contributed by atoms with van der Waals surface area (Å²) in [5, 5.41) is 9.19. The molecule has 0 saturated carbocycles. The molecule has 2 heterocycles. The number of aromatic amines is 1. The maximum atomic E-state index is 12.3. The first-order valence-electron chi connectivity index (χ1n) is 8.16. The van der Waals surface area contributed by atoms with Crippen molar-refractivity contribution in [2.24, 2.45) is 0 Å². The number of rotatable bonds is 4. The van der Waals surface area contributed by atoms with Gasteiger partial charge in [-0.05, 0) is 50.4 Å². The maximum absolute atomic E-state index is 12.3. The largest absolute Gasteiger partial charge is 0.434 e. The molecule has 0 spiro atoms. The van der Waals surface area contributed by atoms with Crippen LogP contribution in [0.5, 0.6) is 0 Å². The quantitative estimate of drug-likeness (QED) is 0.892. The third-order valence-electron chi connectivity index (χ3n) is 4.34. The van der Waals surface area contributed by atoms with E-state index in [1.54, 1.807) is 0 Å². The Kier molecular flexibility index (Phi) is 4.80. The van der Waals surface area contributed by atoms with Gasteiger partial charge in [0.2, 0.25) is 11.8 Å². The first kappa shape index (κ1) is 16.4. The monoisotopic (exact) mass is 330 g/mol. The second-order valence-corrected chi connectivity index (χ2v) is 6.39. The fraction of sp³-hybridized carbons (Fsp3) is 0.471. The summed E-state index contributed by atoms with van der Waals surface area (Å²) in [5.74, 6) is -0.0894. The van der Waals surface area contributed by atoms with E-state index in [0.29, 0.717) is 19.0 Å². The lowest BCUT2D eigenvalue weighted by Gasteiger charge is -2.30. The third-order valence-corrected chi connectivity index (χ3v) is 4.34. The van der Waals surface area contributed by atoms with E-state index in [1.165, 1.54) is 0 Å². The number of likely N-dealkylation sites (tertiary alicyclic amines) is 1. The Hall–Kier alpha value is -2.41. The van der Waals surface area contributed by atoms with Crippen molar-refractivity contribution in [2.45, 2.75) is 32.6 Å². The van der Waals surface area contributed by atoms with Gasteiger partial charge < -0.3 is 9.73 Å². The molecule has 3 rings (SSSR count). The number of hydrogen-bond acceptors (Lipinski definition) is 5. The number of aromatic nitrogens is 2. The molecular weight excluding hydrogens is 308 g/mol. The Morgan fingerprint density at radius 3 is 3.04 bits per heavy atom. The maximum Gasteiger partial charge on any atom is 0.434 e. The molecule has 1 aliphatic rings. The topological polar surface area (TPSA) is 91.2 Å². The molecule has 1 aromatic carbocycles. The molecule has 0 bridgehead atoms. The van der Waals surface area contributed by atoms with Crippen molar-refractivity contribution >= 4 is 11.6 Å². The van der Waals surface area contributed by atoms with E-state index in [9.17, 15) is 9.59 Å². The summed E-state index contributed by atoms with van der Waals surface area (Å²) in [4.78, 5) is 25.5. The van der Waals surface area contributed by atoms with Gasteiger partial charge in [0.25, 0.3) is 0 Å². The molecule has 0 aliphatic carbocycles. The van der Waals surface area contributed by atoms with E-state index in [0.717, 1.165) is 36.2 Å². The molecular formula is C17H22N4O3. The van der Waals surface area contributed by atoms with Crippen molar-refractivity contribution in [1.82, 2.24) is 15.1 Å². The summed E-state index contributed by atoms with van der Waals surface area (Å²) in [5.41, 5.74) is 3.01. The molecule has 24 heavy (non-hydrogen) atoms. The van der Waals surface area contributed by atoms with E-state index in [4.69, 9.17) is 4.42 Å². The minimum atomic E-state index is -0.533. The standard InChI is InChI=1S/C17H22N4O3/c1-11-5-6-12(2)14(8-11)18-15(22)10-21-7-3-4-13(9-21)16-19-20-17(23)24-16/h5-6,8,13H,3-4,7,9-10H2,1-2H3,(H,18,22)(H,20,23)/t13-/m1/s1. The lowest BCUT2D eigenvalue weighted by molar-refractivity contribution is -0.117. The fourth-order valence-corrected chi connectivity index (χ4v) is 3.08. The number of amides is 1. The summed E-state index contributed by atoms with van der Waals surface area (Å²) in [6, 6.07) is 6.00. The smallest absolute Gasteiger partial charge is 0.392 e. The highest BCUT2D eigenvalue weighted by Crippen LogP contribution is 2.24. The molecule has 7 heteroatoms. The highest BCUT2D eigenvalue weighted by molar-refractivity contribution is 5.93. The van der Waals surface area contributed by atoms with E-state index in [2.05, 4.69) is 20.4 Å². The summed E-state index contributed by atoms with van der Waals surface area (Å²) >= 11 is 0. The van der Waals surface area contributed by atoms with E-state index < -0.39 is 5.76 Å². The van der Waals surface area contributed by atoms with Crippen LogP contribution in [0.3, 0.4) is 0 Å². The third kappa shape index (κ3) is 3.91. The number of nitrogens with zero attached hydrogens (tertiary/aromatic N) is 2. The average Bonchev–Trinajstić information content (AvgIpc) is 2.98. The number of nitrogens with one attached hydrogen (secondary N) is 2. The molecule has 1 saturated heterocycles. The number of aryl methyl sites for hydroxylation is 2. The molecule has 2 aromatic rings. The molecule has 0 unspecified atom stereocenters. The summed E-state index contributed by atoms with van der Waals surface area (Å²) in [6.07, 6.45) is 1.85. The number of benzene rings is 1. The second kappa shape index (κ2) is 7.00. The Balaban J connectivity index is 1.59. The Morgan fingerprint density at radius 1 is 1.46 bits per heavy atom. The van der Waals surface area contributed by atoms with E-state index in [1.807, 2.05) is 32.0 Å².